The molecule has 1 heterocycles. The SMILES string of the molecule is NC(=O)CNc1cc2[nH]c(=O)oc2cc1N. The first kappa shape index (κ1) is 10.1. The van der Waals surface area contributed by atoms with Crippen molar-refractivity contribution in [3.63, 3.8) is 0 Å². The number of benzene rings is 1. The topological polar surface area (TPSA) is 127 Å². The maximum atomic E-state index is 10.9. The summed E-state index contributed by atoms with van der Waals surface area (Å²) in [6, 6.07) is 3.08. The highest BCUT2D eigenvalue weighted by Gasteiger charge is 2.06. The Balaban J connectivity index is 2.41. The summed E-state index contributed by atoms with van der Waals surface area (Å²) < 4.78 is 4.82. The van der Waals surface area contributed by atoms with Gasteiger partial charge in [0.1, 0.15) is 0 Å². The van der Waals surface area contributed by atoms with Gasteiger partial charge in [-0.05, 0) is 6.07 Å². The third kappa shape index (κ3) is 1.83. The Labute approximate surface area is 89.4 Å². The molecule has 7 nitrogen and oxygen atoms in total. The molecule has 0 aliphatic rings. The lowest BCUT2D eigenvalue weighted by atomic mass is 10.2. The number of fused-ring (bicyclic) bond motifs is 1. The van der Waals surface area contributed by atoms with Crippen molar-refractivity contribution in [2.75, 3.05) is 17.6 Å². The molecule has 0 atom stereocenters. The third-order valence-corrected chi connectivity index (χ3v) is 2.04. The molecule has 7 heteroatoms. The minimum absolute atomic E-state index is 0.0300. The molecule has 0 aliphatic carbocycles. The number of nitrogens with two attached hydrogens (primary N) is 2. The van der Waals surface area contributed by atoms with E-state index in [2.05, 4.69) is 10.3 Å². The number of oxazole rings is 1. The molecule has 2 rings (SSSR count). The molecule has 6 N–H and O–H groups in total. The fraction of sp³-hybridized carbons (Fsp3) is 0.111. The van der Waals surface area contributed by atoms with E-state index in [1.165, 1.54) is 6.07 Å². The van der Waals surface area contributed by atoms with E-state index in [4.69, 9.17) is 15.9 Å². The van der Waals surface area contributed by atoms with Gasteiger partial charge in [0.25, 0.3) is 0 Å². The fourth-order valence-corrected chi connectivity index (χ4v) is 1.35. The van der Waals surface area contributed by atoms with E-state index >= 15 is 0 Å². The Bertz CT molecular complexity index is 598. The average Bonchev–Trinajstić information content (AvgIpc) is 2.53. The molecule has 2 aromatic rings. The summed E-state index contributed by atoms with van der Waals surface area (Å²) in [5.74, 6) is -1.05. The number of carbonyl (C=O) groups excluding carboxylic acids is 1. The van der Waals surface area contributed by atoms with Gasteiger partial charge in [0.05, 0.1) is 23.4 Å². The van der Waals surface area contributed by atoms with Crippen molar-refractivity contribution in [3.05, 3.63) is 22.7 Å². The van der Waals surface area contributed by atoms with Gasteiger partial charge in [-0.15, -0.1) is 0 Å². The molecule has 0 unspecified atom stereocenters. The first-order valence-electron chi connectivity index (χ1n) is 4.51. The molecule has 0 saturated carbocycles. The molecule has 0 bridgehead atoms. The van der Waals surface area contributed by atoms with E-state index in [1.807, 2.05) is 0 Å². The first-order chi connectivity index (χ1) is 7.56. The molecule has 0 saturated heterocycles. The molecule has 0 aliphatic heterocycles. The second-order valence-electron chi connectivity index (χ2n) is 3.27. The predicted molar refractivity (Wildman–Crippen MR) is 58.9 cm³/mol. The molecule has 0 radical (unpaired) electrons. The van der Waals surface area contributed by atoms with Gasteiger partial charge in [-0.3, -0.25) is 9.78 Å². The lowest BCUT2D eigenvalue weighted by Crippen LogP contribution is -2.22. The van der Waals surface area contributed by atoms with Gasteiger partial charge in [-0.25, -0.2) is 4.79 Å². The number of nitrogens with one attached hydrogen (secondary N) is 2. The van der Waals surface area contributed by atoms with Crippen LogP contribution in [0.25, 0.3) is 11.1 Å². The van der Waals surface area contributed by atoms with Crippen molar-refractivity contribution in [1.29, 1.82) is 0 Å². The number of nitrogen functional groups attached to an aromatic ring is 1. The van der Waals surface area contributed by atoms with Crippen molar-refractivity contribution in [1.82, 2.24) is 4.98 Å². The van der Waals surface area contributed by atoms with Crippen LogP contribution in [-0.4, -0.2) is 17.4 Å². The zero-order chi connectivity index (χ0) is 11.7. The van der Waals surface area contributed by atoms with E-state index in [0.717, 1.165) is 0 Å². The highest BCUT2D eigenvalue weighted by molar-refractivity contribution is 5.87. The van der Waals surface area contributed by atoms with Crippen LogP contribution in [0.2, 0.25) is 0 Å². The summed E-state index contributed by atoms with van der Waals surface area (Å²) >= 11 is 0. The van der Waals surface area contributed by atoms with Crippen LogP contribution in [-0.2, 0) is 4.79 Å². The molecule has 0 spiro atoms. The quantitative estimate of drug-likeness (QED) is 0.525. The smallest absolute Gasteiger partial charge is 0.408 e. The zero-order valence-electron chi connectivity index (χ0n) is 8.24. The normalized spacial score (nSPS) is 10.5. The van der Waals surface area contributed by atoms with Gasteiger partial charge in [0.2, 0.25) is 5.91 Å². The zero-order valence-corrected chi connectivity index (χ0v) is 8.24. The number of aromatic amines is 1. The van der Waals surface area contributed by atoms with E-state index in [1.54, 1.807) is 6.07 Å². The number of anilines is 2. The molecule has 0 fully saturated rings. The molecular weight excluding hydrogens is 212 g/mol. The number of H-pyrrole nitrogens is 1. The summed E-state index contributed by atoms with van der Waals surface area (Å²) in [5, 5.41) is 2.75. The van der Waals surface area contributed by atoms with Crippen LogP contribution in [0.3, 0.4) is 0 Å². The maximum Gasteiger partial charge on any atom is 0.417 e. The van der Waals surface area contributed by atoms with Crippen molar-refractivity contribution < 1.29 is 9.21 Å². The Morgan fingerprint density at radius 2 is 2.25 bits per heavy atom. The number of primary amides is 1. The lowest BCUT2D eigenvalue weighted by Gasteiger charge is -2.06. The van der Waals surface area contributed by atoms with Crippen LogP contribution in [0.4, 0.5) is 11.4 Å². The molecule has 1 amide bonds. The summed E-state index contributed by atoms with van der Waals surface area (Å²) in [6.45, 7) is -0.0300. The van der Waals surface area contributed by atoms with E-state index in [0.29, 0.717) is 22.5 Å². The minimum atomic E-state index is -0.554. The number of rotatable bonds is 3. The Morgan fingerprint density at radius 1 is 1.50 bits per heavy atom. The predicted octanol–water partition coefficient (Wildman–Crippen LogP) is -0.400. The van der Waals surface area contributed by atoms with Crippen LogP contribution in [0, 0.1) is 0 Å². The van der Waals surface area contributed by atoms with Gasteiger partial charge < -0.3 is 21.2 Å². The molecule has 16 heavy (non-hydrogen) atoms. The van der Waals surface area contributed by atoms with Gasteiger partial charge in [0, 0.05) is 6.07 Å². The summed E-state index contributed by atoms with van der Waals surface area (Å²) in [7, 11) is 0. The monoisotopic (exact) mass is 222 g/mol. The largest absolute Gasteiger partial charge is 0.417 e. The van der Waals surface area contributed by atoms with Crippen molar-refractivity contribution in [3.8, 4) is 0 Å². The highest BCUT2D eigenvalue weighted by Crippen LogP contribution is 2.23. The fourth-order valence-electron chi connectivity index (χ4n) is 1.35. The van der Waals surface area contributed by atoms with E-state index in [9.17, 15) is 9.59 Å². The number of aromatic nitrogens is 1. The Morgan fingerprint density at radius 3 is 2.94 bits per heavy atom. The summed E-state index contributed by atoms with van der Waals surface area (Å²) in [6.07, 6.45) is 0. The number of carbonyl (C=O) groups is 1. The van der Waals surface area contributed by atoms with Crippen molar-refractivity contribution in [2.45, 2.75) is 0 Å². The van der Waals surface area contributed by atoms with Gasteiger partial charge in [0.15, 0.2) is 5.58 Å². The summed E-state index contributed by atoms with van der Waals surface area (Å²) in [5.41, 5.74) is 12.4. The standard InChI is InChI=1S/C9H10N4O3/c10-4-1-7-6(13-9(15)16-7)2-5(4)12-3-8(11)14/h1-2,12H,3,10H2,(H2,11,14)(H,13,15). The van der Waals surface area contributed by atoms with Gasteiger partial charge in [-0.2, -0.15) is 0 Å². The number of amides is 1. The molecule has 1 aromatic heterocycles. The maximum absolute atomic E-state index is 10.9. The van der Waals surface area contributed by atoms with E-state index in [-0.39, 0.29) is 6.54 Å². The van der Waals surface area contributed by atoms with Gasteiger partial charge >= 0.3 is 5.76 Å². The minimum Gasteiger partial charge on any atom is -0.408 e. The number of hydrogen-bond donors (Lipinski definition) is 4. The summed E-state index contributed by atoms with van der Waals surface area (Å²) in [4.78, 5) is 24.0. The van der Waals surface area contributed by atoms with Crippen molar-refractivity contribution in [2.24, 2.45) is 5.73 Å². The molecule has 1 aromatic carbocycles. The van der Waals surface area contributed by atoms with E-state index < -0.39 is 11.7 Å². The average molecular weight is 222 g/mol. The van der Waals surface area contributed by atoms with Crippen LogP contribution >= 0.6 is 0 Å². The molecular formula is C9H10N4O3. The van der Waals surface area contributed by atoms with Crippen LogP contribution in [0.15, 0.2) is 21.3 Å². The van der Waals surface area contributed by atoms with Gasteiger partial charge in [-0.1, -0.05) is 0 Å². The second kappa shape index (κ2) is 3.61. The van der Waals surface area contributed by atoms with Crippen LogP contribution in [0.5, 0.6) is 0 Å². The second-order valence-corrected chi connectivity index (χ2v) is 3.27. The Kier molecular flexibility index (Phi) is 2.28. The third-order valence-electron chi connectivity index (χ3n) is 2.04. The lowest BCUT2D eigenvalue weighted by molar-refractivity contribution is -0.116. The van der Waals surface area contributed by atoms with Crippen LogP contribution in [0.1, 0.15) is 0 Å². The number of hydrogen-bond acceptors (Lipinski definition) is 5. The van der Waals surface area contributed by atoms with Crippen LogP contribution < -0.4 is 22.5 Å². The Hall–Kier alpha value is -2.44. The first-order valence-corrected chi connectivity index (χ1v) is 4.51. The highest BCUT2D eigenvalue weighted by atomic mass is 16.4. The van der Waals surface area contributed by atoms with Crippen molar-refractivity contribution >= 4 is 28.4 Å². The molecule has 84 valence electrons.